The van der Waals surface area contributed by atoms with E-state index in [4.69, 9.17) is 9.84 Å². The highest BCUT2D eigenvalue weighted by Crippen LogP contribution is 2.46. The van der Waals surface area contributed by atoms with Crippen molar-refractivity contribution in [2.75, 3.05) is 6.61 Å². The lowest BCUT2D eigenvalue weighted by atomic mass is 9.95. The lowest BCUT2D eigenvalue weighted by molar-refractivity contribution is 0.0179. The van der Waals surface area contributed by atoms with Gasteiger partial charge in [0.25, 0.3) is 0 Å². The van der Waals surface area contributed by atoms with Crippen LogP contribution in [0.5, 0.6) is 0 Å². The van der Waals surface area contributed by atoms with Gasteiger partial charge in [-0.2, -0.15) is 0 Å². The number of unbranched alkanes of at least 4 members (excludes halogenated alkanes) is 4. The Morgan fingerprint density at radius 2 is 1.70 bits per heavy atom. The Labute approximate surface area is 125 Å². The summed E-state index contributed by atoms with van der Waals surface area (Å²) in [6, 6.07) is 0. The zero-order chi connectivity index (χ0) is 15.2. The van der Waals surface area contributed by atoms with Gasteiger partial charge >= 0.3 is 0 Å². The average Bonchev–Trinajstić information content (AvgIpc) is 2.66. The summed E-state index contributed by atoms with van der Waals surface area (Å²) in [5, 5.41) is 9.17. The van der Waals surface area contributed by atoms with Crippen LogP contribution in [0.1, 0.15) is 58.8 Å². The highest BCUT2D eigenvalue weighted by Gasteiger charge is 2.50. The van der Waals surface area contributed by atoms with E-state index in [0.29, 0.717) is 12.3 Å². The Morgan fingerprint density at radius 3 is 2.25 bits per heavy atom. The van der Waals surface area contributed by atoms with E-state index in [0.717, 1.165) is 6.42 Å². The molecule has 0 aromatic rings. The highest BCUT2D eigenvalue weighted by molar-refractivity contribution is 6.72. The fourth-order valence-corrected chi connectivity index (χ4v) is 6.32. The third kappa shape index (κ3) is 5.12. The molecule has 0 aromatic heterocycles. The molecule has 120 valence electrons. The van der Waals surface area contributed by atoms with Crippen LogP contribution in [0.15, 0.2) is 0 Å². The van der Waals surface area contributed by atoms with Crippen molar-refractivity contribution in [3.8, 4) is 0 Å². The SMILES string of the molecule is CCCCCCC[C@H]1O[C@@H](CCO)[C@H]([Si](C)(C)F)[C@H]1C. The second-order valence-electron chi connectivity index (χ2n) is 6.88. The number of halogens is 1. The first-order valence-electron chi connectivity index (χ1n) is 8.37. The van der Waals surface area contributed by atoms with Crippen LogP contribution in [-0.2, 0) is 4.74 Å². The van der Waals surface area contributed by atoms with Crippen molar-refractivity contribution in [1.82, 2.24) is 0 Å². The van der Waals surface area contributed by atoms with E-state index in [1.54, 1.807) is 13.1 Å². The van der Waals surface area contributed by atoms with Crippen LogP contribution >= 0.6 is 0 Å². The molecule has 1 fully saturated rings. The van der Waals surface area contributed by atoms with Gasteiger partial charge in [0.15, 0.2) is 0 Å². The predicted molar refractivity (Wildman–Crippen MR) is 85.2 cm³/mol. The first-order chi connectivity index (χ1) is 9.41. The standard InChI is InChI=1S/C16H33FO2Si/c1-5-6-7-8-9-10-14-13(2)16(20(3,4)17)15(19-14)11-12-18/h13-16,18H,5-12H2,1-4H3/t13-,14+,15-,16+/m0/s1. The summed E-state index contributed by atoms with van der Waals surface area (Å²) in [4.78, 5) is 0. The number of hydrogen-bond donors (Lipinski definition) is 1. The molecule has 1 heterocycles. The van der Waals surface area contributed by atoms with E-state index in [1.165, 1.54) is 32.1 Å². The van der Waals surface area contributed by atoms with Crippen molar-refractivity contribution < 1.29 is 14.0 Å². The summed E-state index contributed by atoms with van der Waals surface area (Å²) < 4.78 is 20.7. The number of hydrogen-bond acceptors (Lipinski definition) is 2. The molecule has 1 rings (SSSR count). The molecule has 0 aliphatic carbocycles. The minimum Gasteiger partial charge on any atom is -0.396 e. The molecule has 20 heavy (non-hydrogen) atoms. The molecule has 0 aromatic carbocycles. The largest absolute Gasteiger partial charge is 0.396 e. The van der Waals surface area contributed by atoms with Crippen molar-refractivity contribution in [1.29, 1.82) is 0 Å². The summed E-state index contributed by atoms with van der Waals surface area (Å²) in [6.45, 7) is 8.03. The summed E-state index contributed by atoms with van der Waals surface area (Å²) in [5.41, 5.74) is 0.0373. The molecule has 1 aliphatic heterocycles. The molecular formula is C16H33FO2Si. The van der Waals surface area contributed by atoms with E-state index in [9.17, 15) is 4.11 Å². The van der Waals surface area contributed by atoms with Crippen molar-refractivity contribution in [3.63, 3.8) is 0 Å². The molecule has 0 amide bonds. The third-order valence-corrected chi connectivity index (χ3v) is 7.18. The van der Waals surface area contributed by atoms with E-state index in [-0.39, 0.29) is 24.4 Å². The normalized spacial score (nSPS) is 30.9. The molecule has 0 saturated carbocycles. The first kappa shape index (κ1) is 18.1. The monoisotopic (exact) mass is 304 g/mol. The molecule has 0 radical (unpaired) electrons. The maximum Gasteiger partial charge on any atom is 0.246 e. The molecule has 2 nitrogen and oxygen atoms in total. The highest BCUT2D eigenvalue weighted by atomic mass is 28.4. The lowest BCUT2D eigenvalue weighted by Gasteiger charge is -2.28. The average molecular weight is 305 g/mol. The van der Waals surface area contributed by atoms with Crippen LogP contribution in [0.4, 0.5) is 4.11 Å². The molecule has 4 atom stereocenters. The number of aliphatic hydroxyl groups excluding tert-OH is 1. The van der Waals surface area contributed by atoms with Crippen LogP contribution in [0.2, 0.25) is 18.6 Å². The Morgan fingerprint density at radius 1 is 1.05 bits per heavy atom. The van der Waals surface area contributed by atoms with Gasteiger partial charge in [0, 0.05) is 12.1 Å². The van der Waals surface area contributed by atoms with Gasteiger partial charge in [-0.1, -0.05) is 46.0 Å². The summed E-state index contributed by atoms with van der Waals surface area (Å²) in [5.74, 6) is 0.296. The molecule has 1 aliphatic rings. The first-order valence-corrected chi connectivity index (χ1v) is 11.3. The Bertz CT molecular complexity index is 268. The van der Waals surface area contributed by atoms with Gasteiger partial charge in [-0.15, -0.1) is 0 Å². The molecular weight excluding hydrogens is 271 g/mol. The van der Waals surface area contributed by atoms with Crippen LogP contribution in [0.3, 0.4) is 0 Å². The predicted octanol–water partition coefficient (Wildman–Crippen LogP) is 4.68. The zero-order valence-corrected chi connectivity index (χ0v) is 14.7. The molecule has 0 spiro atoms. The second-order valence-corrected chi connectivity index (χ2v) is 10.7. The van der Waals surface area contributed by atoms with Gasteiger partial charge in [0.1, 0.15) is 0 Å². The van der Waals surface area contributed by atoms with E-state index < -0.39 is 8.41 Å². The number of ether oxygens (including phenoxy) is 1. The summed E-state index contributed by atoms with van der Waals surface area (Å²) >= 11 is 0. The van der Waals surface area contributed by atoms with Gasteiger partial charge in [-0.3, -0.25) is 0 Å². The van der Waals surface area contributed by atoms with E-state index in [2.05, 4.69) is 13.8 Å². The van der Waals surface area contributed by atoms with Gasteiger partial charge in [0.2, 0.25) is 8.41 Å². The Hall–Kier alpha value is 0.0669. The van der Waals surface area contributed by atoms with Crippen molar-refractivity contribution in [2.24, 2.45) is 5.92 Å². The van der Waals surface area contributed by atoms with Gasteiger partial charge in [-0.05, 0) is 31.9 Å². The van der Waals surface area contributed by atoms with Crippen LogP contribution in [-0.4, -0.2) is 32.3 Å². The van der Waals surface area contributed by atoms with Crippen molar-refractivity contribution in [3.05, 3.63) is 0 Å². The lowest BCUT2D eigenvalue weighted by Crippen LogP contribution is -2.36. The molecule has 1 N–H and O–H groups in total. The smallest absolute Gasteiger partial charge is 0.246 e. The van der Waals surface area contributed by atoms with E-state index in [1.807, 2.05) is 0 Å². The van der Waals surface area contributed by atoms with E-state index >= 15 is 0 Å². The second kappa shape index (κ2) is 8.50. The fraction of sp³-hybridized carbons (Fsp3) is 1.00. The minimum absolute atomic E-state index is 0.0373. The van der Waals surface area contributed by atoms with Gasteiger partial charge < -0.3 is 14.0 Å². The van der Waals surface area contributed by atoms with Gasteiger partial charge in [0.05, 0.1) is 12.2 Å². The maximum absolute atomic E-state index is 14.6. The quantitative estimate of drug-likeness (QED) is 0.381. The summed E-state index contributed by atoms with van der Waals surface area (Å²) in [7, 11) is -2.73. The Balaban J connectivity index is 2.49. The number of rotatable bonds is 9. The summed E-state index contributed by atoms with van der Waals surface area (Å²) in [6.07, 6.45) is 8.07. The molecule has 4 heteroatoms. The van der Waals surface area contributed by atoms with Gasteiger partial charge in [-0.25, -0.2) is 0 Å². The Kier molecular flexibility index (Phi) is 7.70. The minimum atomic E-state index is -2.73. The van der Waals surface area contributed by atoms with Crippen molar-refractivity contribution >= 4 is 8.41 Å². The maximum atomic E-state index is 14.6. The van der Waals surface area contributed by atoms with Crippen LogP contribution in [0, 0.1) is 5.92 Å². The molecule has 0 bridgehead atoms. The topological polar surface area (TPSA) is 29.5 Å². The van der Waals surface area contributed by atoms with Crippen LogP contribution in [0.25, 0.3) is 0 Å². The zero-order valence-electron chi connectivity index (χ0n) is 13.7. The molecule has 0 unspecified atom stereocenters. The van der Waals surface area contributed by atoms with Crippen molar-refractivity contribution in [2.45, 2.75) is 89.6 Å². The van der Waals surface area contributed by atoms with Crippen LogP contribution < -0.4 is 0 Å². The number of aliphatic hydroxyl groups is 1. The fourth-order valence-electron chi connectivity index (χ4n) is 3.72. The third-order valence-electron chi connectivity index (χ3n) is 4.70. The molecule has 1 saturated heterocycles.